The number of halogens is 1. The van der Waals surface area contributed by atoms with Crippen molar-refractivity contribution in [2.24, 2.45) is 23.7 Å². The van der Waals surface area contributed by atoms with Gasteiger partial charge in [0.15, 0.2) is 0 Å². The van der Waals surface area contributed by atoms with E-state index in [1.54, 1.807) is 45.0 Å². The Morgan fingerprint density at radius 2 is 1.68 bits per heavy atom. The number of esters is 1. The van der Waals surface area contributed by atoms with Gasteiger partial charge in [0.05, 0.1) is 19.3 Å². The van der Waals surface area contributed by atoms with E-state index in [-0.39, 0.29) is 41.9 Å². The van der Waals surface area contributed by atoms with Crippen molar-refractivity contribution in [1.82, 2.24) is 15.1 Å². The molecule has 0 spiro atoms. The Bertz CT molecular complexity index is 1570. The minimum absolute atomic E-state index is 0.0131. The van der Waals surface area contributed by atoms with E-state index in [0.29, 0.717) is 74.6 Å². The van der Waals surface area contributed by atoms with Crippen molar-refractivity contribution in [1.29, 1.82) is 0 Å². The molecule has 13 heteroatoms. The number of nitrogens with one attached hydrogen (secondary N) is 2. The predicted octanol–water partition coefficient (Wildman–Crippen LogP) is 6.33. The van der Waals surface area contributed by atoms with Crippen LogP contribution in [-0.2, 0) is 23.8 Å². The van der Waals surface area contributed by atoms with Gasteiger partial charge in [0.1, 0.15) is 30.5 Å². The zero-order chi connectivity index (χ0) is 37.5. The molecule has 2 aromatic rings. The van der Waals surface area contributed by atoms with Crippen LogP contribution in [0.1, 0.15) is 95.5 Å². The van der Waals surface area contributed by atoms with Crippen LogP contribution in [0.5, 0.6) is 0 Å². The molecule has 0 radical (unpaired) electrons. The molecular formula is C40H57FN4O8. The first-order valence-electron chi connectivity index (χ1n) is 19.7. The Morgan fingerprint density at radius 3 is 2.38 bits per heavy atom. The lowest BCUT2D eigenvalue weighted by molar-refractivity contribution is -0.142. The maximum Gasteiger partial charge on any atom is 0.407 e. The molecule has 2 aliphatic heterocycles. The second-order valence-electron chi connectivity index (χ2n) is 16.3. The third-order valence-electron chi connectivity index (χ3n) is 11.5. The molecule has 2 saturated carbocycles. The number of ether oxygens (including phenoxy) is 3. The molecule has 3 atom stereocenters. The molecule has 2 saturated heterocycles. The minimum Gasteiger partial charge on any atom is -0.458 e. The number of benzene rings is 1. The van der Waals surface area contributed by atoms with E-state index in [2.05, 4.69) is 15.5 Å². The van der Waals surface area contributed by atoms with Crippen molar-refractivity contribution in [3.05, 3.63) is 30.0 Å². The van der Waals surface area contributed by atoms with Gasteiger partial charge in [-0.1, -0.05) is 32.1 Å². The zero-order valence-corrected chi connectivity index (χ0v) is 31.5. The molecule has 292 valence electrons. The molecule has 2 N–H and O–H groups in total. The Balaban J connectivity index is 1.09. The number of fused-ring (bicyclic) bond motifs is 1. The Morgan fingerprint density at radius 1 is 0.943 bits per heavy atom. The van der Waals surface area contributed by atoms with E-state index in [9.17, 15) is 23.6 Å². The van der Waals surface area contributed by atoms with Crippen molar-refractivity contribution in [2.75, 3.05) is 58.0 Å². The van der Waals surface area contributed by atoms with Gasteiger partial charge in [-0.25, -0.2) is 14.0 Å². The second kappa shape index (κ2) is 17.6. The van der Waals surface area contributed by atoms with Crippen LogP contribution < -0.4 is 10.6 Å². The van der Waals surface area contributed by atoms with Crippen LogP contribution >= 0.6 is 0 Å². The van der Waals surface area contributed by atoms with Crippen LogP contribution in [-0.4, -0.2) is 104 Å². The van der Waals surface area contributed by atoms with E-state index in [1.807, 2.05) is 4.90 Å². The van der Waals surface area contributed by atoms with E-state index < -0.39 is 36.4 Å². The van der Waals surface area contributed by atoms with Crippen LogP contribution in [0.2, 0.25) is 0 Å². The number of morpholine rings is 1. The Kier molecular flexibility index (Phi) is 13.0. The number of furan rings is 1. The van der Waals surface area contributed by atoms with Crippen molar-refractivity contribution in [3.63, 3.8) is 0 Å². The minimum atomic E-state index is -0.703. The third-order valence-corrected chi connectivity index (χ3v) is 11.5. The van der Waals surface area contributed by atoms with Crippen LogP contribution in [0.25, 0.3) is 11.0 Å². The number of carbonyl (C=O) groups excluding carboxylic acids is 4. The van der Waals surface area contributed by atoms with Crippen molar-refractivity contribution >= 4 is 40.5 Å². The summed E-state index contributed by atoms with van der Waals surface area (Å²) in [7, 11) is 0. The van der Waals surface area contributed by atoms with Gasteiger partial charge in [0.25, 0.3) is 0 Å². The van der Waals surface area contributed by atoms with Gasteiger partial charge >= 0.3 is 12.1 Å². The number of amides is 3. The van der Waals surface area contributed by atoms with Crippen molar-refractivity contribution in [3.8, 4) is 0 Å². The van der Waals surface area contributed by atoms with Gasteiger partial charge in [-0.2, -0.15) is 0 Å². The highest BCUT2D eigenvalue weighted by atomic mass is 19.1. The smallest absolute Gasteiger partial charge is 0.407 e. The molecule has 2 aliphatic carbocycles. The van der Waals surface area contributed by atoms with Crippen LogP contribution in [0.4, 0.5) is 14.9 Å². The molecule has 1 aromatic heterocycles. The van der Waals surface area contributed by atoms with Crippen molar-refractivity contribution < 1.29 is 42.2 Å². The molecule has 6 rings (SSSR count). The largest absolute Gasteiger partial charge is 0.458 e. The molecule has 1 aromatic carbocycles. The number of likely N-dealkylation sites (tertiary alicyclic amines) is 1. The summed E-state index contributed by atoms with van der Waals surface area (Å²) in [6, 6.07) is 5.63. The standard InChI is InChI=1S/C40H57FN4O8/c1-40(2,3)53-39(49)43-32(25-41)27-9-11-28(12-10-27)37(47)45-16-15-31(26-7-5-4-6-8-26)35(45)36(46)42-30-13-14-33-29(23-30)24-34(52-33)38(48)51-22-19-44-17-20-50-21-18-44/h13-14,23-24,26-28,31-32,35H,4-12,15-22,25H2,1-3H3,(H,42,46)(H,43,49)/t27-,28-,31-,32?,35-/m0/s1. The molecule has 53 heavy (non-hydrogen) atoms. The van der Waals surface area contributed by atoms with Gasteiger partial charge < -0.3 is 34.2 Å². The highest BCUT2D eigenvalue weighted by molar-refractivity contribution is 6.00. The highest BCUT2D eigenvalue weighted by Crippen LogP contribution is 2.41. The van der Waals surface area contributed by atoms with E-state index in [4.69, 9.17) is 18.6 Å². The van der Waals surface area contributed by atoms with Crippen LogP contribution in [0.15, 0.2) is 28.7 Å². The topological polar surface area (TPSA) is 140 Å². The number of alkyl halides is 1. The quantitative estimate of drug-likeness (QED) is 0.253. The molecule has 3 amide bonds. The fourth-order valence-electron chi connectivity index (χ4n) is 8.80. The molecule has 3 heterocycles. The lowest BCUT2D eigenvalue weighted by Gasteiger charge is -2.37. The number of nitrogens with zero attached hydrogens (tertiary/aromatic N) is 2. The van der Waals surface area contributed by atoms with E-state index >= 15 is 0 Å². The first kappa shape index (κ1) is 39.0. The average molecular weight is 741 g/mol. The molecule has 1 unspecified atom stereocenters. The summed E-state index contributed by atoms with van der Waals surface area (Å²) in [4.78, 5) is 57.6. The Labute approximate surface area is 311 Å². The number of hydrogen-bond acceptors (Lipinski definition) is 9. The van der Waals surface area contributed by atoms with Gasteiger partial charge in [-0.3, -0.25) is 14.5 Å². The summed E-state index contributed by atoms with van der Waals surface area (Å²) in [5.74, 6) is -0.563. The number of rotatable bonds is 11. The van der Waals surface area contributed by atoms with E-state index in [1.165, 1.54) is 6.42 Å². The summed E-state index contributed by atoms with van der Waals surface area (Å²) < 4.78 is 36.1. The summed E-state index contributed by atoms with van der Waals surface area (Å²) in [5, 5.41) is 6.47. The summed E-state index contributed by atoms with van der Waals surface area (Å²) in [6.07, 6.45) is 8.08. The zero-order valence-electron chi connectivity index (χ0n) is 31.5. The maximum atomic E-state index is 14.2. The van der Waals surface area contributed by atoms with Crippen LogP contribution in [0, 0.1) is 23.7 Å². The van der Waals surface area contributed by atoms with Crippen molar-refractivity contribution in [2.45, 2.75) is 103 Å². The number of alkyl carbamates (subject to hydrolysis) is 1. The summed E-state index contributed by atoms with van der Waals surface area (Å²) in [6.45, 7) is 8.97. The van der Waals surface area contributed by atoms with E-state index in [0.717, 1.165) is 45.2 Å². The second-order valence-corrected chi connectivity index (χ2v) is 16.3. The van der Waals surface area contributed by atoms with Gasteiger partial charge in [-0.15, -0.1) is 0 Å². The summed E-state index contributed by atoms with van der Waals surface area (Å²) in [5.41, 5.74) is 0.387. The number of anilines is 1. The first-order valence-corrected chi connectivity index (χ1v) is 19.7. The summed E-state index contributed by atoms with van der Waals surface area (Å²) >= 11 is 0. The average Bonchev–Trinajstić information content (AvgIpc) is 3.79. The SMILES string of the molecule is CC(C)(C)OC(=O)NC(CF)[C@H]1CC[C@H](C(=O)N2CC[C@@H](C3CCCCC3)[C@H]2C(=O)Nc2ccc3oc(C(=O)OCCN4CCOCC4)cc3c2)CC1. The number of hydrogen-bond donors (Lipinski definition) is 2. The molecule has 12 nitrogen and oxygen atoms in total. The van der Waals surface area contributed by atoms with Gasteiger partial charge in [0.2, 0.25) is 17.6 Å². The predicted molar refractivity (Wildman–Crippen MR) is 197 cm³/mol. The Hall–Kier alpha value is -3.71. The lowest BCUT2D eigenvalue weighted by Crippen LogP contribution is -2.50. The third kappa shape index (κ3) is 10.1. The van der Waals surface area contributed by atoms with Gasteiger partial charge in [0, 0.05) is 43.2 Å². The molecular weight excluding hydrogens is 683 g/mol. The van der Waals surface area contributed by atoms with Gasteiger partial charge in [-0.05, 0) is 94.9 Å². The maximum absolute atomic E-state index is 14.2. The molecule has 4 fully saturated rings. The fourth-order valence-corrected chi connectivity index (χ4v) is 8.80. The normalized spacial score (nSPS) is 25.2. The lowest BCUT2D eigenvalue weighted by atomic mass is 9.76. The number of carbonyl (C=O) groups is 4. The molecule has 4 aliphatic rings. The monoisotopic (exact) mass is 740 g/mol. The first-order chi connectivity index (χ1) is 25.5. The highest BCUT2D eigenvalue weighted by Gasteiger charge is 2.47. The van der Waals surface area contributed by atoms with Crippen LogP contribution in [0.3, 0.4) is 0 Å². The molecule has 0 bridgehead atoms. The fraction of sp³-hybridized carbons (Fsp3) is 0.700.